The average molecular weight is 524 g/mol. The minimum Gasteiger partial charge on any atom is -0.473 e. The summed E-state index contributed by atoms with van der Waals surface area (Å²) in [6.07, 6.45) is 2.14. The van der Waals surface area contributed by atoms with Crippen molar-refractivity contribution >= 4 is 46.7 Å². The van der Waals surface area contributed by atoms with E-state index in [2.05, 4.69) is 49.7 Å². The van der Waals surface area contributed by atoms with Gasteiger partial charge in [0.2, 0.25) is 0 Å². The number of aliphatic carboxylic acids is 2. The molecule has 0 unspecified atom stereocenters. The summed E-state index contributed by atoms with van der Waals surface area (Å²) in [7, 11) is 0. The number of carbonyl (C=O) groups excluding carboxylic acids is 1. The Morgan fingerprint density at radius 3 is 2.11 bits per heavy atom. The van der Waals surface area contributed by atoms with Crippen LogP contribution < -0.4 is 16.0 Å². The fourth-order valence-corrected chi connectivity index (χ4v) is 4.85. The van der Waals surface area contributed by atoms with Crippen molar-refractivity contribution in [3.8, 4) is 0 Å². The lowest BCUT2D eigenvalue weighted by atomic mass is 9.79. The van der Waals surface area contributed by atoms with Crippen LogP contribution in [0.3, 0.4) is 0 Å². The van der Waals surface area contributed by atoms with E-state index in [9.17, 15) is 4.79 Å². The molecular formula is C25H31Cl2N3O5. The number of carboxylic acid groups (broad SMARTS) is 2. The summed E-state index contributed by atoms with van der Waals surface area (Å²) >= 11 is 12.1. The van der Waals surface area contributed by atoms with E-state index in [1.807, 2.05) is 18.2 Å². The third-order valence-electron chi connectivity index (χ3n) is 5.33. The van der Waals surface area contributed by atoms with Crippen molar-refractivity contribution < 1.29 is 24.6 Å². The Labute approximate surface area is 215 Å². The first-order valence-corrected chi connectivity index (χ1v) is 11.8. The molecule has 0 saturated carbocycles. The number of carbonyl (C=O) groups is 3. The Balaban J connectivity index is 0.000000641. The minimum absolute atomic E-state index is 0.104. The van der Waals surface area contributed by atoms with Crippen molar-refractivity contribution in [2.75, 3.05) is 5.32 Å². The predicted octanol–water partition coefficient (Wildman–Crippen LogP) is 4.80. The molecule has 35 heavy (non-hydrogen) atoms. The zero-order chi connectivity index (χ0) is 26.4. The highest BCUT2D eigenvalue weighted by Crippen LogP contribution is 2.29. The number of amides is 1. The Hall–Kier alpha value is -2.65. The van der Waals surface area contributed by atoms with Gasteiger partial charge >= 0.3 is 11.9 Å². The van der Waals surface area contributed by atoms with Crippen LogP contribution in [0.1, 0.15) is 56.5 Å². The summed E-state index contributed by atoms with van der Waals surface area (Å²) in [5, 5.41) is 25.9. The molecule has 2 aromatic rings. The maximum Gasteiger partial charge on any atom is 0.414 e. The molecule has 1 aliphatic rings. The van der Waals surface area contributed by atoms with Gasteiger partial charge in [-0.25, -0.2) is 9.59 Å². The van der Waals surface area contributed by atoms with E-state index in [-0.39, 0.29) is 17.0 Å². The molecule has 0 radical (unpaired) electrons. The van der Waals surface area contributed by atoms with Gasteiger partial charge in [-0.05, 0) is 76.4 Å². The smallest absolute Gasteiger partial charge is 0.414 e. The minimum atomic E-state index is -1.82. The molecule has 0 aliphatic carbocycles. The van der Waals surface area contributed by atoms with E-state index < -0.39 is 11.9 Å². The molecule has 1 fully saturated rings. The molecule has 1 aliphatic heterocycles. The number of hydrogen-bond donors (Lipinski definition) is 5. The second-order valence-electron chi connectivity index (χ2n) is 9.77. The van der Waals surface area contributed by atoms with Crippen molar-refractivity contribution in [1.29, 1.82) is 0 Å². The highest BCUT2D eigenvalue weighted by Gasteiger charge is 2.37. The Morgan fingerprint density at radius 1 is 0.971 bits per heavy atom. The SMILES string of the molecule is CC1(C)CC(NCc2cccc(NC(=O)c3ccc(Cl)cc3Cl)c2)CC(C)(C)N1.O=C(O)C(=O)O. The molecule has 5 N–H and O–H groups in total. The van der Waals surface area contributed by atoms with Crippen LogP contribution >= 0.6 is 23.2 Å². The fraction of sp³-hybridized carbons (Fsp3) is 0.400. The van der Waals surface area contributed by atoms with Gasteiger partial charge in [-0.1, -0.05) is 35.3 Å². The van der Waals surface area contributed by atoms with Crippen molar-refractivity contribution in [3.05, 3.63) is 63.6 Å². The van der Waals surface area contributed by atoms with Crippen LogP contribution in [0.2, 0.25) is 10.0 Å². The van der Waals surface area contributed by atoms with Crippen LogP contribution in [0.15, 0.2) is 42.5 Å². The average Bonchev–Trinajstić information content (AvgIpc) is 2.70. The van der Waals surface area contributed by atoms with Crippen molar-refractivity contribution in [3.63, 3.8) is 0 Å². The largest absolute Gasteiger partial charge is 0.473 e. The number of carboxylic acids is 2. The quantitative estimate of drug-likeness (QED) is 0.356. The molecule has 1 saturated heterocycles. The van der Waals surface area contributed by atoms with Gasteiger partial charge in [-0.3, -0.25) is 4.79 Å². The van der Waals surface area contributed by atoms with E-state index in [1.165, 1.54) is 0 Å². The van der Waals surface area contributed by atoms with E-state index >= 15 is 0 Å². The Kier molecular flexibility index (Phi) is 9.68. The number of piperidine rings is 1. The molecule has 0 spiro atoms. The van der Waals surface area contributed by atoms with Gasteiger partial charge in [-0.2, -0.15) is 0 Å². The van der Waals surface area contributed by atoms with Crippen molar-refractivity contribution in [2.45, 2.75) is 64.2 Å². The summed E-state index contributed by atoms with van der Waals surface area (Å²) in [5.41, 5.74) is 2.48. The number of halogens is 2. The molecule has 2 aromatic carbocycles. The highest BCUT2D eigenvalue weighted by atomic mass is 35.5. The summed E-state index contributed by atoms with van der Waals surface area (Å²) in [4.78, 5) is 30.7. The van der Waals surface area contributed by atoms with Gasteiger partial charge < -0.3 is 26.2 Å². The monoisotopic (exact) mass is 523 g/mol. The molecule has 1 heterocycles. The normalized spacial score (nSPS) is 16.5. The molecule has 3 rings (SSSR count). The topological polar surface area (TPSA) is 128 Å². The van der Waals surface area contributed by atoms with E-state index in [0.29, 0.717) is 21.7 Å². The van der Waals surface area contributed by atoms with Gasteiger partial charge in [0.05, 0.1) is 10.6 Å². The molecule has 10 heteroatoms. The first-order valence-electron chi connectivity index (χ1n) is 11.0. The van der Waals surface area contributed by atoms with Gasteiger partial charge in [0.15, 0.2) is 0 Å². The lowest BCUT2D eigenvalue weighted by molar-refractivity contribution is -0.159. The first kappa shape index (κ1) is 28.6. The molecule has 0 aromatic heterocycles. The van der Waals surface area contributed by atoms with Gasteiger partial charge in [0, 0.05) is 34.4 Å². The third kappa shape index (κ3) is 9.49. The van der Waals surface area contributed by atoms with Gasteiger partial charge in [-0.15, -0.1) is 0 Å². The zero-order valence-electron chi connectivity index (χ0n) is 20.1. The molecule has 190 valence electrons. The summed E-state index contributed by atoms with van der Waals surface area (Å²) in [6.45, 7) is 9.75. The van der Waals surface area contributed by atoms with Crippen LogP contribution in [0.25, 0.3) is 0 Å². The number of benzene rings is 2. The fourth-order valence-electron chi connectivity index (χ4n) is 4.36. The third-order valence-corrected chi connectivity index (χ3v) is 5.88. The maximum atomic E-state index is 12.5. The van der Waals surface area contributed by atoms with Gasteiger partial charge in [0.1, 0.15) is 0 Å². The summed E-state index contributed by atoms with van der Waals surface area (Å²) in [5.74, 6) is -3.90. The van der Waals surface area contributed by atoms with Crippen molar-refractivity contribution in [1.82, 2.24) is 10.6 Å². The molecule has 0 bridgehead atoms. The molecule has 8 nitrogen and oxygen atoms in total. The van der Waals surface area contributed by atoms with Crippen LogP contribution in [-0.4, -0.2) is 45.2 Å². The van der Waals surface area contributed by atoms with E-state index in [0.717, 1.165) is 30.6 Å². The number of anilines is 1. The maximum absolute atomic E-state index is 12.5. The molecule has 0 atom stereocenters. The molecule has 1 amide bonds. The van der Waals surface area contributed by atoms with Crippen LogP contribution in [0.4, 0.5) is 5.69 Å². The van der Waals surface area contributed by atoms with Crippen LogP contribution in [0.5, 0.6) is 0 Å². The standard InChI is InChI=1S/C23H29Cl2N3O.C2H2O4/c1-22(2)12-18(13-23(3,4)28-22)26-14-15-6-5-7-17(10-15)27-21(29)19-9-8-16(24)11-20(19)25;3-1(4)2(5)6/h5-11,18,26,28H,12-14H2,1-4H3,(H,27,29);(H,3,4)(H,5,6). The summed E-state index contributed by atoms with van der Waals surface area (Å²) in [6, 6.07) is 13.2. The number of rotatable bonds is 5. The Morgan fingerprint density at radius 2 is 1.57 bits per heavy atom. The summed E-state index contributed by atoms with van der Waals surface area (Å²) < 4.78 is 0. The number of nitrogens with one attached hydrogen (secondary N) is 3. The number of hydrogen-bond acceptors (Lipinski definition) is 5. The van der Waals surface area contributed by atoms with E-state index in [4.69, 9.17) is 43.0 Å². The molecular weight excluding hydrogens is 493 g/mol. The van der Waals surface area contributed by atoms with Gasteiger partial charge in [0.25, 0.3) is 5.91 Å². The Bertz CT molecular complexity index is 1060. The van der Waals surface area contributed by atoms with E-state index in [1.54, 1.807) is 18.2 Å². The first-order chi connectivity index (χ1) is 16.2. The van der Waals surface area contributed by atoms with Crippen LogP contribution in [-0.2, 0) is 16.1 Å². The zero-order valence-corrected chi connectivity index (χ0v) is 21.6. The lowest BCUT2D eigenvalue weighted by Crippen LogP contribution is -2.61. The van der Waals surface area contributed by atoms with Crippen LogP contribution in [0, 0.1) is 0 Å². The lowest BCUT2D eigenvalue weighted by Gasteiger charge is -2.46. The second-order valence-corrected chi connectivity index (χ2v) is 10.6. The van der Waals surface area contributed by atoms with Crippen molar-refractivity contribution in [2.24, 2.45) is 0 Å². The highest BCUT2D eigenvalue weighted by molar-refractivity contribution is 6.37. The second kappa shape index (κ2) is 11.9. The predicted molar refractivity (Wildman–Crippen MR) is 137 cm³/mol.